The Morgan fingerprint density at radius 1 is 1.33 bits per heavy atom. The predicted octanol–water partition coefficient (Wildman–Crippen LogP) is 3.58. The zero-order valence-corrected chi connectivity index (χ0v) is 10.5. The Hall–Kier alpha value is -1.75. The van der Waals surface area contributed by atoms with E-state index in [1.165, 1.54) is 29.2 Å². The molecule has 2 rings (SSSR count). The molecule has 2 nitrogen and oxygen atoms in total. The minimum Gasteiger partial charge on any atom is -0.305 e. The van der Waals surface area contributed by atoms with Crippen molar-refractivity contribution >= 4 is 22.9 Å². The summed E-state index contributed by atoms with van der Waals surface area (Å²) < 4.78 is 26.5. The van der Waals surface area contributed by atoms with E-state index >= 15 is 0 Å². The minimum atomic E-state index is -0.734. The molecule has 0 unspecified atom stereocenters. The molecule has 0 atom stereocenters. The Kier molecular flexibility index (Phi) is 3.72. The maximum Gasteiger partial charge on any atom is 0.224 e. The average Bonchev–Trinajstić information content (AvgIpc) is 2.79. The molecule has 0 fully saturated rings. The first-order valence-corrected chi connectivity index (χ1v) is 6.21. The summed E-state index contributed by atoms with van der Waals surface area (Å²) in [4.78, 5) is 13.8. The summed E-state index contributed by atoms with van der Waals surface area (Å²) in [6.07, 6.45) is 0. The van der Waals surface area contributed by atoms with Crippen LogP contribution in [0, 0.1) is 11.6 Å². The number of benzene rings is 1. The molecule has 2 aromatic rings. The van der Waals surface area contributed by atoms with Crippen molar-refractivity contribution in [1.29, 1.82) is 0 Å². The van der Waals surface area contributed by atoms with Crippen LogP contribution >= 0.6 is 11.3 Å². The molecule has 0 radical (unpaired) electrons. The number of carbonyl (C=O) groups is 1. The van der Waals surface area contributed by atoms with E-state index in [9.17, 15) is 13.6 Å². The Morgan fingerprint density at radius 2 is 2.11 bits per heavy atom. The second-order valence-corrected chi connectivity index (χ2v) is 4.81. The molecule has 94 valence electrons. The van der Waals surface area contributed by atoms with Crippen LogP contribution in [0.4, 0.5) is 14.5 Å². The van der Waals surface area contributed by atoms with Crippen LogP contribution in [0.1, 0.15) is 11.8 Å². The van der Waals surface area contributed by atoms with E-state index in [0.717, 1.165) is 17.0 Å². The van der Waals surface area contributed by atoms with Gasteiger partial charge in [0.1, 0.15) is 11.6 Å². The summed E-state index contributed by atoms with van der Waals surface area (Å²) in [6.45, 7) is 1.64. The molecule has 18 heavy (non-hydrogen) atoms. The lowest BCUT2D eigenvalue weighted by Crippen LogP contribution is -2.28. The summed E-state index contributed by atoms with van der Waals surface area (Å²) >= 11 is 1.48. The first kappa shape index (κ1) is 12.7. The van der Waals surface area contributed by atoms with Gasteiger partial charge in [-0.05, 0) is 23.6 Å². The van der Waals surface area contributed by atoms with Crippen molar-refractivity contribution in [2.24, 2.45) is 0 Å². The Labute approximate surface area is 107 Å². The fourth-order valence-corrected chi connectivity index (χ4v) is 2.32. The molecule has 0 aliphatic heterocycles. The lowest BCUT2D eigenvalue weighted by molar-refractivity contribution is -0.116. The predicted molar refractivity (Wildman–Crippen MR) is 67.5 cm³/mol. The fraction of sp³-hybridized carbons (Fsp3) is 0.154. The molecule has 0 saturated carbocycles. The number of thiophene rings is 1. The van der Waals surface area contributed by atoms with E-state index in [1.807, 2.05) is 17.5 Å². The van der Waals surface area contributed by atoms with Gasteiger partial charge in [-0.15, -0.1) is 11.3 Å². The SMILES string of the molecule is CC(=O)N(Cc1cccs1)c1ccc(F)cc1F. The van der Waals surface area contributed by atoms with Crippen molar-refractivity contribution in [2.45, 2.75) is 13.5 Å². The van der Waals surface area contributed by atoms with Gasteiger partial charge < -0.3 is 4.90 Å². The van der Waals surface area contributed by atoms with Gasteiger partial charge in [0.15, 0.2) is 0 Å². The smallest absolute Gasteiger partial charge is 0.224 e. The molecule has 0 bridgehead atoms. The van der Waals surface area contributed by atoms with Crippen LogP contribution in [0.15, 0.2) is 35.7 Å². The number of carbonyl (C=O) groups excluding carboxylic acids is 1. The highest BCUT2D eigenvalue weighted by atomic mass is 32.1. The third-order valence-corrected chi connectivity index (χ3v) is 3.34. The van der Waals surface area contributed by atoms with Crippen LogP contribution < -0.4 is 4.90 Å². The first-order valence-electron chi connectivity index (χ1n) is 5.33. The van der Waals surface area contributed by atoms with Gasteiger partial charge in [0, 0.05) is 17.9 Å². The van der Waals surface area contributed by atoms with Gasteiger partial charge in [0.2, 0.25) is 5.91 Å². The highest BCUT2D eigenvalue weighted by molar-refractivity contribution is 7.09. The first-order chi connectivity index (χ1) is 8.58. The Morgan fingerprint density at radius 3 is 2.67 bits per heavy atom. The van der Waals surface area contributed by atoms with Gasteiger partial charge in [-0.2, -0.15) is 0 Å². The van der Waals surface area contributed by atoms with Crippen molar-refractivity contribution in [3.05, 3.63) is 52.2 Å². The zero-order chi connectivity index (χ0) is 13.1. The fourth-order valence-electron chi connectivity index (χ4n) is 1.62. The second-order valence-electron chi connectivity index (χ2n) is 3.78. The number of hydrogen-bond donors (Lipinski definition) is 0. The van der Waals surface area contributed by atoms with Crippen molar-refractivity contribution in [2.75, 3.05) is 4.90 Å². The highest BCUT2D eigenvalue weighted by Crippen LogP contribution is 2.23. The molecule has 1 aromatic carbocycles. The van der Waals surface area contributed by atoms with Crippen molar-refractivity contribution in [3.63, 3.8) is 0 Å². The zero-order valence-electron chi connectivity index (χ0n) is 9.69. The van der Waals surface area contributed by atoms with Gasteiger partial charge in [-0.1, -0.05) is 6.07 Å². The molecule has 0 spiro atoms. The van der Waals surface area contributed by atoms with Crippen LogP contribution in [0.3, 0.4) is 0 Å². The third kappa shape index (κ3) is 2.73. The second kappa shape index (κ2) is 5.27. The number of rotatable bonds is 3. The van der Waals surface area contributed by atoms with Crippen LogP contribution in [-0.4, -0.2) is 5.91 Å². The molecule has 1 amide bonds. The number of anilines is 1. The summed E-state index contributed by atoms with van der Waals surface area (Å²) in [5.74, 6) is -1.67. The maximum atomic E-state index is 13.7. The Bertz CT molecular complexity index is 554. The molecule has 0 aliphatic rings. The monoisotopic (exact) mass is 267 g/mol. The van der Waals surface area contributed by atoms with Gasteiger partial charge in [-0.25, -0.2) is 8.78 Å². The minimum absolute atomic E-state index is 0.0947. The van der Waals surface area contributed by atoms with Crippen LogP contribution in [0.25, 0.3) is 0 Å². The molecule has 5 heteroatoms. The van der Waals surface area contributed by atoms with Gasteiger partial charge in [0.05, 0.1) is 12.2 Å². The Balaban J connectivity index is 2.32. The van der Waals surface area contributed by atoms with E-state index in [2.05, 4.69) is 0 Å². The molecular weight excluding hydrogens is 256 g/mol. The number of amides is 1. The normalized spacial score (nSPS) is 10.4. The molecular formula is C13H11F2NOS. The maximum absolute atomic E-state index is 13.7. The summed E-state index contributed by atoms with van der Waals surface area (Å²) in [5, 5.41) is 1.88. The molecule has 0 aliphatic carbocycles. The van der Waals surface area contributed by atoms with E-state index in [1.54, 1.807) is 0 Å². The topological polar surface area (TPSA) is 20.3 Å². The molecule has 0 saturated heterocycles. The molecule has 1 aromatic heterocycles. The van der Waals surface area contributed by atoms with Crippen molar-refractivity contribution in [1.82, 2.24) is 0 Å². The van der Waals surface area contributed by atoms with E-state index < -0.39 is 11.6 Å². The van der Waals surface area contributed by atoms with Crippen molar-refractivity contribution in [3.8, 4) is 0 Å². The summed E-state index contributed by atoms with van der Waals surface area (Å²) in [5.41, 5.74) is 0.0947. The lowest BCUT2D eigenvalue weighted by atomic mass is 10.2. The summed E-state index contributed by atoms with van der Waals surface area (Å²) in [6, 6.07) is 6.92. The third-order valence-electron chi connectivity index (χ3n) is 2.47. The van der Waals surface area contributed by atoms with Crippen LogP contribution in [-0.2, 0) is 11.3 Å². The number of hydrogen-bond acceptors (Lipinski definition) is 2. The largest absolute Gasteiger partial charge is 0.305 e. The van der Waals surface area contributed by atoms with Crippen LogP contribution in [0.5, 0.6) is 0 Å². The molecule has 0 N–H and O–H groups in total. The lowest BCUT2D eigenvalue weighted by Gasteiger charge is -2.21. The number of halogens is 2. The summed E-state index contributed by atoms with van der Waals surface area (Å²) in [7, 11) is 0. The van der Waals surface area contributed by atoms with E-state index in [4.69, 9.17) is 0 Å². The standard InChI is InChI=1S/C13H11F2NOS/c1-9(17)16(8-11-3-2-6-18-11)13-5-4-10(14)7-12(13)15/h2-7H,8H2,1H3. The van der Waals surface area contributed by atoms with E-state index in [-0.39, 0.29) is 18.1 Å². The highest BCUT2D eigenvalue weighted by Gasteiger charge is 2.17. The van der Waals surface area contributed by atoms with Gasteiger partial charge in [0.25, 0.3) is 0 Å². The van der Waals surface area contributed by atoms with Crippen molar-refractivity contribution < 1.29 is 13.6 Å². The van der Waals surface area contributed by atoms with Gasteiger partial charge >= 0.3 is 0 Å². The average molecular weight is 267 g/mol. The number of nitrogens with zero attached hydrogens (tertiary/aromatic N) is 1. The van der Waals surface area contributed by atoms with Gasteiger partial charge in [-0.3, -0.25) is 4.79 Å². The van der Waals surface area contributed by atoms with Crippen LogP contribution in [0.2, 0.25) is 0 Å². The quantitative estimate of drug-likeness (QED) is 0.832. The van der Waals surface area contributed by atoms with E-state index in [0.29, 0.717) is 0 Å². The molecule has 1 heterocycles.